The van der Waals surface area contributed by atoms with Gasteiger partial charge in [0.05, 0.1) is 12.0 Å². The van der Waals surface area contributed by atoms with Gasteiger partial charge in [0.2, 0.25) is 0 Å². The number of nitrogens with one attached hydrogen (secondary N) is 1. The van der Waals surface area contributed by atoms with Crippen molar-refractivity contribution >= 4 is 17.6 Å². The third-order valence-corrected chi connectivity index (χ3v) is 2.65. The van der Waals surface area contributed by atoms with Crippen LogP contribution in [-0.4, -0.2) is 35.1 Å². The molecule has 8 nitrogen and oxygen atoms in total. The highest BCUT2D eigenvalue weighted by atomic mass is 16.6. The lowest BCUT2D eigenvalue weighted by molar-refractivity contribution is -0.385. The van der Waals surface area contributed by atoms with Crippen molar-refractivity contribution in [1.82, 2.24) is 5.32 Å². The van der Waals surface area contributed by atoms with E-state index in [1.54, 1.807) is 0 Å². The number of nitro groups is 1. The summed E-state index contributed by atoms with van der Waals surface area (Å²) in [7, 11) is 1.26. The molecule has 0 saturated carbocycles. The highest BCUT2D eigenvalue weighted by molar-refractivity contribution is 6.02. The van der Waals surface area contributed by atoms with Crippen molar-refractivity contribution in [2.45, 2.75) is 12.5 Å². The second-order valence-corrected chi connectivity index (χ2v) is 4.00. The number of aliphatic carboxylic acids is 1. The molecule has 0 fully saturated rings. The maximum Gasteiger partial charge on any atom is 0.326 e. The van der Waals surface area contributed by atoms with Crippen molar-refractivity contribution in [3.8, 4) is 5.75 Å². The van der Waals surface area contributed by atoms with E-state index >= 15 is 0 Å². The third-order valence-electron chi connectivity index (χ3n) is 2.65. The number of hydrogen-bond acceptors (Lipinski definition) is 5. The fourth-order valence-electron chi connectivity index (χ4n) is 1.69. The van der Waals surface area contributed by atoms with Gasteiger partial charge in [0.1, 0.15) is 11.8 Å². The molecular formula is C13H14N2O6. The smallest absolute Gasteiger partial charge is 0.326 e. The number of methoxy groups -OCH3 is 1. The molecule has 0 spiro atoms. The zero-order chi connectivity index (χ0) is 16.0. The summed E-state index contributed by atoms with van der Waals surface area (Å²) >= 11 is 0. The third kappa shape index (κ3) is 3.78. The molecule has 0 aliphatic rings. The molecule has 0 bridgehead atoms. The Balaban J connectivity index is 3.19. The summed E-state index contributed by atoms with van der Waals surface area (Å²) in [6, 6.07) is 2.66. The van der Waals surface area contributed by atoms with Crippen LogP contribution in [0.2, 0.25) is 0 Å². The minimum atomic E-state index is -1.26. The first-order valence-corrected chi connectivity index (χ1v) is 5.88. The van der Waals surface area contributed by atoms with Gasteiger partial charge in [-0.05, 0) is 12.5 Å². The Morgan fingerprint density at radius 1 is 1.57 bits per heavy atom. The number of nitro benzene ring substituents is 1. The molecule has 1 atom stereocenters. The fraction of sp³-hybridized carbons (Fsp3) is 0.231. The molecule has 21 heavy (non-hydrogen) atoms. The molecule has 0 aromatic heterocycles. The zero-order valence-corrected chi connectivity index (χ0v) is 11.2. The molecule has 1 aromatic carbocycles. The molecule has 1 aromatic rings. The first-order valence-electron chi connectivity index (χ1n) is 5.88. The molecular weight excluding hydrogens is 280 g/mol. The lowest BCUT2D eigenvalue weighted by Crippen LogP contribution is -2.40. The zero-order valence-electron chi connectivity index (χ0n) is 11.2. The van der Waals surface area contributed by atoms with Gasteiger partial charge in [-0.3, -0.25) is 14.9 Å². The number of carbonyl (C=O) groups excluding carboxylic acids is 1. The molecule has 0 radical (unpaired) electrons. The molecule has 0 heterocycles. The summed E-state index contributed by atoms with van der Waals surface area (Å²) in [6.07, 6.45) is 1.32. The van der Waals surface area contributed by atoms with E-state index in [2.05, 4.69) is 11.9 Å². The summed E-state index contributed by atoms with van der Waals surface area (Å²) in [6.45, 7) is 3.39. The van der Waals surface area contributed by atoms with Crippen LogP contribution in [0.15, 0.2) is 30.9 Å². The van der Waals surface area contributed by atoms with Crippen LogP contribution in [0.1, 0.15) is 16.8 Å². The Morgan fingerprint density at radius 3 is 2.71 bits per heavy atom. The van der Waals surface area contributed by atoms with Gasteiger partial charge in [-0.1, -0.05) is 12.1 Å². The van der Waals surface area contributed by atoms with Gasteiger partial charge in [0.25, 0.3) is 11.6 Å². The van der Waals surface area contributed by atoms with Gasteiger partial charge in [-0.15, -0.1) is 6.58 Å². The number of rotatable bonds is 7. The quantitative estimate of drug-likeness (QED) is 0.445. The molecule has 112 valence electrons. The predicted octanol–water partition coefficient (Wildman–Crippen LogP) is 1.36. The van der Waals surface area contributed by atoms with E-state index in [4.69, 9.17) is 9.84 Å². The monoisotopic (exact) mass is 294 g/mol. The van der Waals surface area contributed by atoms with E-state index in [1.165, 1.54) is 25.3 Å². The van der Waals surface area contributed by atoms with Gasteiger partial charge >= 0.3 is 5.97 Å². The normalized spacial score (nSPS) is 11.3. The number of hydrogen-bond donors (Lipinski definition) is 2. The molecule has 2 N–H and O–H groups in total. The highest BCUT2D eigenvalue weighted by Crippen LogP contribution is 2.28. The van der Waals surface area contributed by atoms with Crippen LogP contribution < -0.4 is 10.1 Å². The molecule has 0 aliphatic carbocycles. The van der Waals surface area contributed by atoms with Crippen molar-refractivity contribution in [1.29, 1.82) is 0 Å². The van der Waals surface area contributed by atoms with Gasteiger partial charge < -0.3 is 15.2 Å². The molecule has 1 amide bonds. The molecule has 8 heteroatoms. The number of carbonyl (C=O) groups is 2. The average Bonchev–Trinajstić information content (AvgIpc) is 2.45. The lowest BCUT2D eigenvalue weighted by atomic mass is 10.1. The largest absolute Gasteiger partial charge is 0.496 e. The van der Waals surface area contributed by atoms with E-state index < -0.39 is 28.5 Å². The van der Waals surface area contributed by atoms with Crippen LogP contribution in [0.25, 0.3) is 0 Å². The Labute approximate surface area is 120 Å². The van der Waals surface area contributed by atoms with Crippen molar-refractivity contribution < 1.29 is 24.4 Å². The Bertz CT molecular complexity index is 584. The molecule has 1 rings (SSSR count). The van der Waals surface area contributed by atoms with Crippen LogP contribution in [0, 0.1) is 10.1 Å². The summed E-state index contributed by atoms with van der Waals surface area (Å²) in [4.78, 5) is 33.4. The number of ether oxygens (including phenoxy) is 1. The van der Waals surface area contributed by atoms with Gasteiger partial charge in [0, 0.05) is 6.07 Å². The maximum atomic E-state index is 12.1. The molecule has 0 saturated heterocycles. The predicted molar refractivity (Wildman–Crippen MR) is 73.4 cm³/mol. The van der Waals surface area contributed by atoms with Gasteiger partial charge in [0.15, 0.2) is 5.56 Å². The van der Waals surface area contributed by atoms with Crippen molar-refractivity contribution in [3.63, 3.8) is 0 Å². The second-order valence-electron chi connectivity index (χ2n) is 4.00. The number of nitrogens with zero attached hydrogens (tertiary/aromatic N) is 1. The van der Waals surface area contributed by atoms with Crippen molar-refractivity contribution in [2.75, 3.05) is 7.11 Å². The Kier molecular flexibility index (Phi) is 5.41. The van der Waals surface area contributed by atoms with Crippen LogP contribution in [0.4, 0.5) is 5.69 Å². The van der Waals surface area contributed by atoms with E-state index in [9.17, 15) is 19.7 Å². The summed E-state index contributed by atoms with van der Waals surface area (Å²) in [5.74, 6) is -2.17. The van der Waals surface area contributed by atoms with Crippen LogP contribution in [0.5, 0.6) is 5.75 Å². The van der Waals surface area contributed by atoms with E-state index in [0.29, 0.717) is 0 Å². The highest BCUT2D eigenvalue weighted by Gasteiger charge is 2.28. The van der Waals surface area contributed by atoms with E-state index in [0.717, 1.165) is 6.07 Å². The summed E-state index contributed by atoms with van der Waals surface area (Å²) < 4.78 is 4.93. The SMILES string of the molecule is C=CCC(NC(=O)c1c(OC)cccc1[N+](=O)[O-])C(=O)O. The standard InChI is InChI=1S/C13H14N2O6/c1-3-5-8(13(17)18)14-12(16)11-9(15(19)20)6-4-7-10(11)21-2/h3-4,6-8H,1,5H2,2H3,(H,14,16)(H,17,18). The van der Waals surface area contributed by atoms with Crippen LogP contribution >= 0.6 is 0 Å². The average molecular weight is 294 g/mol. The Hall–Kier alpha value is -2.90. The fourth-order valence-corrected chi connectivity index (χ4v) is 1.69. The first kappa shape index (κ1) is 16.2. The van der Waals surface area contributed by atoms with Crippen molar-refractivity contribution in [3.05, 3.63) is 46.5 Å². The lowest BCUT2D eigenvalue weighted by Gasteiger charge is -2.14. The number of carboxylic acids is 1. The van der Waals surface area contributed by atoms with Gasteiger partial charge in [-0.25, -0.2) is 4.79 Å². The molecule has 1 unspecified atom stereocenters. The minimum Gasteiger partial charge on any atom is -0.496 e. The topological polar surface area (TPSA) is 119 Å². The van der Waals surface area contributed by atoms with Crippen LogP contribution in [-0.2, 0) is 4.79 Å². The van der Waals surface area contributed by atoms with Gasteiger partial charge in [-0.2, -0.15) is 0 Å². The second kappa shape index (κ2) is 7.04. The summed E-state index contributed by atoms with van der Waals surface area (Å²) in [5.41, 5.74) is -0.782. The summed E-state index contributed by atoms with van der Waals surface area (Å²) in [5, 5.41) is 22.2. The molecule has 0 aliphatic heterocycles. The van der Waals surface area contributed by atoms with E-state index in [-0.39, 0.29) is 17.7 Å². The van der Waals surface area contributed by atoms with Crippen LogP contribution in [0.3, 0.4) is 0 Å². The number of benzene rings is 1. The number of carboxylic acid groups (broad SMARTS) is 1. The van der Waals surface area contributed by atoms with E-state index in [1.807, 2.05) is 0 Å². The minimum absolute atomic E-state index is 0.00978. The maximum absolute atomic E-state index is 12.1. The number of amides is 1. The van der Waals surface area contributed by atoms with Crippen molar-refractivity contribution in [2.24, 2.45) is 0 Å². The Morgan fingerprint density at radius 2 is 2.24 bits per heavy atom. The first-order chi connectivity index (χ1) is 9.92.